The van der Waals surface area contributed by atoms with E-state index in [0.29, 0.717) is 7.69 Å². The first-order chi connectivity index (χ1) is 3.93. The summed E-state index contributed by atoms with van der Waals surface area (Å²) >= 11 is 0. The van der Waals surface area contributed by atoms with Crippen LogP contribution in [0.15, 0.2) is 24.0 Å². The largest absolute Gasteiger partial charge is 0.569 e. The molecule has 1 radical (unpaired) electrons. The lowest BCUT2D eigenvalue weighted by molar-refractivity contribution is 0.365. The van der Waals surface area contributed by atoms with E-state index in [0.717, 1.165) is 12.2 Å². The molecule has 1 aliphatic carbocycles. The minimum atomic E-state index is 0.693. The van der Waals surface area contributed by atoms with Gasteiger partial charge < -0.3 is 9.68 Å². The average molecular weight is 109 g/mol. The van der Waals surface area contributed by atoms with Gasteiger partial charge in [0, 0.05) is 6.42 Å². The molecule has 0 aromatic heterocycles. The van der Waals surface area contributed by atoms with E-state index >= 15 is 0 Å². The molecule has 0 unspecified atom stereocenters. The molecule has 0 aromatic rings. The molecule has 41 valence electrons. The van der Waals surface area contributed by atoms with Crippen molar-refractivity contribution in [3.8, 4) is 0 Å². The summed E-state index contributed by atoms with van der Waals surface area (Å²) in [4.78, 5) is 0. The predicted molar refractivity (Wildman–Crippen MR) is 30.9 cm³/mol. The maximum Gasteiger partial charge on any atom is 0.569 e. The van der Waals surface area contributed by atoms with E-state index in [2.05, 4.69) is 4.65 Å². The molecule has 3 heteroatoms. The zero-order valence-electron chi connectivity index (χ0n) is 4.37. The van der Waals surface area contributed by atoms with E-state index in [1.54, 1.807) is 0 Å². The Labute approximate surface area is 48.8 Å². The van der Waals surface area contributed by atoms with Crippen LogP contribution in [-0.4, -0.2) is 12.7 Å². The van der Waals surface area contributed by atoms with Crippen LogP contribution in [0.25, 0.3) is 0 Å². The van der Waals surface area contributed by atoms with Crippen LogP contribution in [0, 0.1) is 0 Å². The molecular weight excluding hydrogens is 103 g/mol. The van der Waals surface area contributed by atoms with Gasteiger partial charge in [0.05, 0.1) is 5.76 Å². The van der Waals surface area contributed by atoms with Gasteiger partial charge in [-0.05, 0) is 6.08 Å². The van der Waals surface area contributed by atoms with Gasteiger partial charge in [0.2, 0.25) is 0 Å². The molecule has 0 spiro atoms. The van der Waals surface area contributed by atoms with Crippen molar-refractivity contribution >= 4 is 7.69 Å². The van der Waals surface area contributed by atoms with Gasteiger partial charge in [-0.1, -0.05) is 12.2 Å². The van der Waals surface area contributed by atoms with Crippen molar-refractivity contribution in [3.63, 3.8) is 0 Å². The van der Waals surface area contributed by atoms with Crippen LogP contribution in [0.2, 0.25) is 0 Å². The maximum atomic E-state index is 8.11. The quantitative estimate of drug-likeness (QED) is 0.519. The molecule has 0 atom stereocenters. The Morgan fingerprint density at radius 1 is 1.75 bits per heavy atom. The highest BCUT2D eigenvalue weighted by molar-refractivity contribution is 6.16. The molecule has 1 rings (SSSR count). The third-order valence-corrected chi connectivity index (χ3v) is 0.941. The molecule has 1 N–H and O–H groups in total. The molecule has 0 heterocycles. The van der Waals surface area contributed by atoms with E-state index in [4.69, 9.17) is 5.02 Å². The van der Waals surface area contributed by atoms with Crippen molar-refractivity contribution in [1.29, 1.82) is 0 Å². The number of rotatable bonds is 2. The topological polar surface area (TPSA) is 29.5 Å². The van der Waals surface area contributed by atoms with Gasteiger partial charge in [0.25, 0.3) is 0 Å². The van der Waals surface area contributed by atoms with Crippen LogP contribution in [0.4, 0.5) is 0 Å². The second kappa shape index (κ2) is 2.57. The highest BCUT2D eigenvalue weighted by Crippen LogP contribution is 2.09. The molecule has 0 saturated carbocycles. The fourth-order valence-corrected chi connectivity index (χ4v) is 0.583. The first-order valence-electron chi connectivity index (χ1n) is 2.42. The van der Waals surface area contributed by atoms with Crippen LogP contribution in [0.1, 0.15) is 6.42 Å². The van der Waals surface area contributed by atoms with Gasteiger partial charge >= 0.3 is 7.69 Å². The molecule has 0 fully saturated rings. The van der Waals surface area contributed by atoms with Gasteiger partial charge in [-0.2, -0.15) is 0 Å². The lowest BCUT2D eigenvalue weighted by Crippen LogP contribution is -1.94. The molecule has 1 aliphatic rings. The molecule has 8 heavy (non-hydrogen) atoms. The van der Waals surface area contributed by atoms with E-state index < -0.39 is 0 Å². The van der Waals surface area contributed by atoms with Crippen LogP contribution in [0.3, 0.4) is 0 Å². The Kier molecular flexibility index (Phi) is 1.75. The summed E-state index contributed by atoms with van der Waals surface area (Å²) in [5.74, 6) is 0.785. The molecule has 0 aromatic carbocycles. The summed E-state index contributed by atoms with van der Waals surface area (Å²) < 4.78 is 4.63. The smallest absolute Gasteiger partial charge is 0.540 e. The third-order valence-electron chi connectivity index (χ3n) is 0.941. The summed E-state index contributed by atoms with van der Waals surface area (Å²) in [6.07, 6.45) is 6.45. The van der Waals surface area contributed by atoms with Crippen LogP contribution in [-0.2, 0) is 4.65 Å². The van der Waals surface area contributed by atoms with E-state index in [9.17, 15) is 0 Å². The average Bonchev–Trinajstić information content (AvgIpc) is 2.19. The van der Waals surface area contributed by atoms with Crippen LogP contribution < -0.4 is 0 Å². The van der Waals surface area contributed by atoms with Gasteiger partial charge in [-0.25, -0.2) is 0 Å². The summed E-state index contributed by atoms with van der Waals surface area (Å²) in [6, 6.07) is 0. The van der Waals surface area contributed by atoms with Crippen molar-refractivity contribution in [2.24, 2.45) is 0 Å². The Morgan fingerprint density at radius 2 is 2.62 bits per heavy atom. The van der Waals surface area contributed by atoms with E-state index in [1.807, 2.05) is 18.2 Å². The predicted octanol–water partition coefficient (Wildman–Crippen LogP) is 0.373. The van der Waals surface area contributed by atoms with Gasteiger partial charge in [0.15, 0.2) is 0 Å². The van der Waals surface area contributed by atoms with Crippen molar-refractivity contribution in [3.05, 3.63) is 24.0 Å². The number of hydrogen-bond donors (Lipinski definition) is 1. The number of allylic oxidation sites excluding steroid dienone is 3. The van der Waals surface area contributed by atoms with Crippen molar-refractivity contribution in [2.45, 2.75) is 6.42 Å². The Morgan fingerprint density at radius 3 is 3.12 bits per heavy atom. The monoisotopic (exact) mass is 109 g/mol. The lowest BCUT2D eigenvalue weighted by atomic mass is 10.3. The second-order valence-corrected chi connectivity index (χ2v) is 1.49. The number of hydrogen-bond acceptors (Lipinski definition) is 2. The third kappa shape index (κ3) is 1.14. The second-order valence-electron chi connectivity index (χ2n) is 1.49. The summed E-state index contributed by atoms with van der Waals surface area (Å²) in [6.45, 7) is 0. The van der Waals surface area contributed by atoms with Crippen molar-refractivity contribution < 1.29 is 9.68 Å². The van der Waals surface area contributed by atoms with Crippen LogP contribution >= 0.6 is 0 Å². The van der Waals surface area contributed by atoms with Crippen molar-refractivity contribution in [1.82, 2.24) is 0 Å². The van der Waals surface area contributed by atoms with Gasteiger partial charge in [0.1, 0.15) is 0 Å². The summed E-state index contributed by atoms with van der Waals surface area (Å²) in [5.41, 5.74) is 0. The molecule has 0 bridgehead atoms. The molecule has 0 amide bonds. The first kappa shape index (κ1) is 5.44. The van der Waals surface area contributed by atoms with Crippen molar-refractivity contribution in [2.75, 3.05) is 0 Å². The Bertz CT molecular complexity index is 128. The first-order valence-corrected chi connectivity index (χ1v) is 2.42. The zero-order chi connectivity index (χ0) is 5.82. The standard InChI is InChI=1S/C5H6BO2/c7-6-8-5-3-1-2-4-5/h1-3,7H,4H2. The summed E-state index contributed by atoms with van der Waals surface area (Å²) in [5, 5.41) is 8.11. The minimum Gasteiger partial charge on any atom is -0.540 e. The van der Waals surface area contributed by atoms with E-state index in [1.165, 1.54) is 0 Å². The maximum absolute atomic E-state index is 8.11. The zero-order valence-corrected chi connectivity index (χ0v) is 4.37. The fourth-order valence-electron chi connectivity index (χ4n) is 0.583. The molecule has 2 nitrogen and oxygen atoms in total. The minimum absolute atomic E-state index is 0.693. The Balaban J connectivity index is 2.28. The fraction of sp³-hybridized carbons (Fsp3) is 0.200. The Hall–Kier alpha value is -0.695. The van der Waals surface area contributed by atoms with E-state index in [-0.39, 0.29) is 0 Å². The molecule has 0 aliphatic heterocycles. The SMILES string of the molecule is O[B]OC1=CC=CC1. The van der Waals surface area contributed by atoms with Gasteiger partial charge in [-0.15, -0.1) is 0 Å². The van der Waals surface area contributed by atoms with Gasteiger partial charge in [-0.3, -0.25) is 0 Å². The molecular formula is C5H6BO2. The highest BCUT2D eigenvalue weighted by atomic mass is 16.5. The van der Waals surface area contributed by atoms with Crippen LogP contribution in [0.5, 0.6) is 0 Å². The lowest BCUT2D eigenvalue weighted by Gasteiger charge is -1.97. The normalized spacial score (nSPS) is 15.9. The highest BCUT2D eigenvalue weighted by Gasteiger charge is 1.98. The summed E-state index contributed by atoms with van der Waals surface area (Å²) in [7, 11) is 0.693. The molecule has 0 saturated heterocycles.